The van der Waals surface area contributed by atoms with Gasteiger partial charge < -0.3 is 25.0 Å². The fraction of sp³-hybridized carbons (Fsp3) is 0.458. The number of aryl methyl sites for hydroxylation is 1. The van der Waals surface area contributed by atoms with Crippen LogP contribution in [-0.2, 0) is 11.3 Å². The first-order valence-electron chi connectivity index (χ1n) is 10.8. The van der Waals surface area contributed by atoms with E-state index in [9.17, 15) is 0 Å². The van der Waals surface area contributed by atoms with Crippen molar-refractivity contribution in [3.05, 3.63) is 59.7 Å². The summed E-state index contributed by atoms with van der Waals surface area (Å²) in [6.45, 7) is 11.7. The van der Waals surface area contributed by atoms with Crippen molar-refractivity contribution in [2.24, 2.45) is 4.99 Å². The van der Waals surface area contributed by atoms with E-state index in [1.165, 1.54) is 11.3 Å². The molecule has 1 atom stereocenters. The van der Waals surface area contributed by atoms with Crippen molar-refractivity contribution in [3.8, 4) is 5.75 Å². The highest BCUT2D eigenvalue weighted by molar-refractivity contribution is 14.0. The number of rotatable bonds is 8. The molecule has 6 nitrogen and oxygen atoms in total. The molecule has 1 unspecified atom stereocenters. The summed E-state index contributed by atoms with van der Waals surface area (Å²) in [5.74, 6) is 1.72. The van der Waals surface area contributed by atoms with Gasteiger partial charge in [-0.2, -0.15) is 0 Å². The molecule has 1 saturated heterocycles. The van der Waals surface area contributed by atoms with Crippen LogP contribution in [0.2, 0.25) is 0 Å². The van der Waals surface area contributed by atoms with Crippen LogP contribution >= 0.6 is 24.0 Å². The number of hydrogen-bond acceptors (Lipinski definition) is 4. The standard InChI is InChI=1S/C24H34N4O2.HI/c1-4-25-24(26-17-20(3)30-23-12-8-5-9-19(23)2)27-18-21-10-6-7-11-22(21)28-13-15-29-16-14-28;/h5-12,20H,4,13-18H2,1-3H3,(H2,25,26,27);1H. The van der Waals surface area contributed by atoms with Crippen LogP contribution in [0.15, 0.2) is 53.5 Å². The third kappa shape index (κ3) is 7.88. The molecule has 0 saturated carbocycles. The fourth-order valence-corrected chi connectivity index (χ4v) is 3.45. The summed E-state index contributed by atoms with van der Waals surface area (Å²) in [4.78, 5) is 7.20. The van der Waals surface area contributed by atoms with Gasteiger partial charge in [0.05, 0.1) is 26.3 Å². The number of hydrogen-bond donors (Lipinski definition) is 2. The zero-order valence-corrected chi connectivity index (χ0v) is 21.1. The number of anilines is 1. The molecule has 0 aromatic heterocycles. The highest BCUT2D eigenvalue weighted by atomic mass is 127. The second kappa shape index (κ2) is 13.4. The second-order valence-electron chi connectivity index (χ2n) is 7.50. The Kier molecular flexibility index (Phi) is 10.9. The Morgan fingerprint density at radius 2 is 1.81 bits per heavy atom. The number of halogens is 1. The molecular formula is C24H35IN4O2. The van der Waals surface area contributed by atoms with Crippen molar-refractivity contribution >= 4 is 35.6 Å². The topological polar surface area (TPSA) is 58.1 Å². The van der Waals surface area contributed by atoms with Crippen LogP contribution in [0.25, 0.3) is 0 Å². The highest BCUT2D eigenvalue weighted by Crippen LogP contribution is 2.22. The number of aliphatic imine (C=N–C) groups is 1. The van der Waals surface area contributed by atoms with E-state index in [1.54, 1.807) is 0 Å². The van der Waals surface area contributed by atoms with Crippen LogP contribution in [0.4, 0.5) is 5.69 Å². The lowest BCUT2D eigenvalue weighted by Gasteiger charge is -2.30. The maximum Gasteiger partial charge on any atom is 0.191 e. The molecule has 3 rings (SSSR count). The molecule has 31 heavy (non-hydrogen) atoms. The molecule has 0 aliphatic carbocycles. The lowest BCUT2D eigenvalue weighted by Crippen LogP contribution is -2.42. The van der Waals surface area contributed by atoms with Crippen LogP contribution in [-0.4, -0.2) is 51.5 Å². The smallest absolute Gasteiger partial charge is 0.191 e. The van der Waals surface area contributed by atoms with E-state index in [0.717, 1.165) is 50.1 Å². The van der Waals surface area contributed by atoms with Gasteiger partial charge in [-0.1, -0.05) is 36.4 Å². The molecule has 0 spiro atoms. The fourth-order valence-electron chi connectivity index (χ4n) is 3.45. The first-order valence-corrected chi connectivity index (χ1v) is 10.8. The predicted octanol–water partition coefficient (Wildman–Crippen LogP) is 3.97. The Morgan fingerprint density at radius 3 is 2.55 bits per heavy atom. The monoisotopic (exact) mass is 538 g/mol. The highest BCUT2D eigenvalue weighted by Gasteiger charge is 2.14. The van der Waals surface area contributed by atoms with Gasteiger partial charge in [0.1, 0.15) is 11.9 Å². The molecule has 1 fully saturated rings. The minimum Gasteiger partial charge on any atom is -0.489 e. The molecule has 7 heteroatoms. The van der Waals surface area contributed by atoms with Crippen LogP contribution in [0.3, 0.4) is 0 Å². The third-order valence-corrected chi connectivity index (χ3v) is 5.07. The number of nitrogens with zero attached hydrogens (tertiary/aromatic N) is 2. The minimum atomic E-state index is 0. The van der Waals surface area contributed by atoms with E-state index >= 15 is 0 Å². The van der Waals surface area contributed by atoms with E-state index < -0.39 is 0 Å². The number of nitrogens with one attached hydrogen (secondary N) is 2. The molecule has 2 aromatic rings. The molecule has 0 bridgehead atoms. The van der Waals surface area contributed by atoms with E-state index in [-0.39, 0.29) is 30.1 Å². The summed E-state index contributed by atoms with van der Waals surface area (Å²) >= 11 is 0. The van der Waals surface area contributed by atoms with Gasteiger partial charge >= 0.3 is 0 Å². The van der Waals surface area contributed by atoms with Crippen LogP contribution in [0, 0.1) is 6.92 Å². The Labute approximate surface area is 203 Å². The minimum absolute atomic E-state index is 0. The Hall–Kier alpha value is -2.00. The molecule has 1 aliphatic rings. The number of ether oxygens (including phenoxy) is 2. The van der Waals surface area contributed by atoms with Gasteiger partial charge in [0.15, 0.2) is 5.96 Å². The molecule has 0 amide bonds. The average Bonchev–Trinajstić information content (AvgIpc) is 2.78. The maximum atomic E-state index is 6.07. The van der Waals surface area contributed by atoms with Gasteiger partial charge in [0, 0.05) is 25.3 Å². The number of benzene rings is 2. The summed E-state index contributed by atoms with van der Waals surface area (Å²) in [6.07, 6.45) is 0.0237. The first kappa shape index (κ1) is 25.3. The second-order valence-corrected chi connectivity index (χ2v) is 7.50. The van der Waals surface area contributed by atoms with Crippen LogP contribution in [0.1, 0.15) is 25.0 Å². The van der Waals surface area contributed by atoms with Crippen molar-refractivity contribution in [2.75, 3.05) is 44.3 Å². The number of morpholine rings is 1. The molecule has 2 aromatic carbocycles. The zero-order valence-electron chi connectivity index (χ0n) is 18.8. The maximum absolute atomic E-state index is 6.07. The van der Waals surface area contributed by atoms with Gasteiger partial charge in [0.25, 0.3) is 0 Å². The van der Waals surface area contributed by atoms with Crippen molar-refractivity contribution in [1.82, 2.24) is 10.6 Å². The Bertz CT molecular complexity index is 825. The van der Waals surface area contributed by atoms with E-state index in [2.05, 4.69) is 66.6 Å². The summed E-state index contributed by atoms with van der Waals surface area (Å²) in [7, 11) is 0. The molecule has 170 valence electrons. The molecule has 2 N–H and O–H groups in total. The summed E-state index contributed by atoms with van der Waals surface area (Å²) in [6, 6.07) is 16.6. The van der Waals surface area contributed by atoms with Gasteiger partial charge in [-0.25, -0.2) is 4.99 Å². The SMILES string of the molecule is CCNC(=NCc1ccccc1N1CCOCC1)NCC(C)Oc1ccccc1C.I. The summed E-state index contributed by atoms with van der Waals surface area (Å²) in [5, 5.41) is 6.74. The lowest BCUT2D eigenvalue weighted by molar-refractivity contribution is 0.122. The van der Waals surface area contributed by atoms with Gasteiger partial charge in [-0.05, 0) is 44.0 Å². The zero-order chi connectivity index (χ0) is 21.2. The molecule has 1 heterocycles. The summed E-state index contributed by atoms with van der Waals surface area (Å²) in [5.41, 5.74) is 3.61. The molecular weight excluding hydrogens is 503 g/mol. The molecule has 0 radical (unpaired) electrons. The molecule has 1 aliphatic heterocycles. The van der Waals surface area contributed by atoms with Crippen molar-refractivity contribution in [3.63, 3.8) is 0 Å². The van der Waals surface area contributed by atoms with Gasteiger partial charge in [0.2, 0.25) is 0 Å². The van der Waals surface area contributed by atoms with Crippen LogP contribution in [0.5, 0.6) is 5.75 Å². The van der Waals surface area contributed by atoms with Crippen molar-refractivity contribution in [2.45, 2.75) is 33.4 Å². The van der Waals surface area contributed by atoms with Crippen LogP contribution < -0.4 is 20.3 Å². The summed E-state index contributed by atoms with van der Waals surface area (Å²) < 4.78 is 11.6. The predicted molar refractivity (Wildman–Crippen MR) is 139 cm³/mol. The van der Waals surface area contributed by atoms with Crippen molar-refractivity contribution < 1.29 is 9.47 Å². The van der Waals surface area contributed by atoms with E-state index in [4.69, 9.17) is 14.5 Å². The van der Waals surface area contributed by atoms with E-state index in [0.29, 0.717) is 13.1 Å². The number of guanidine groups is 1. The number of para-hydroxylation sites is 2. The largest absolute Gasteiger partial charge is 0.489 e. The quantitative estimate of drug-likeness (QED) is 0.303. The van der Waals surface area contributed by atoms with E-state index in [1.807, 2.05) is 18.2 Å². The Balaban J connectivity index is 0.00000341. The average molecular weight is 538 g/mol. The van der Waals surface area contributed by atoms with Gasteiger partial charge in [-0.15, -0.1) is 24.0 Å². The lowest BCUT2D eigenvalue weighted by atomic mass is 10.1. The Morgan fingerprint density at radius 1 is 1.10 bits per heavy atom. The normalized spacial score (nSPS) is 15.1. The third-order valence-electron chi connectivity index (χ3n) is 5.07. The van der Waals surface area contributed by atoms with Gasteiger partial charge in [-0.3, -0.25) is 0 Å². The van der Waals surface area contributed by atoms with Crippen molar-refractivity contribution in [1.29, 1.82) is 0 Å². The first-order chi connectivity index (χ1) is 14.7.